The maximum atomic E-state index is 10.5. The molecule has 0 bridgehead atoms. The molecule has 0 saturated heterocycles. The van der Waals surface area contributed by atoms with E-state index in [1.54, 1.807) is 24.3 Å². The van der Waals surface area contributed by atoms with Gasteiger partial charge in [-0.1, -0.05) is 6.07 Å². The highest BCUT2D eigenvalue weighted by Crippen LogP contribution is 2.26. The number of furan rings is 1. The molecule has 2 rings (SSSR count). The lowest BCUT2D eigenvalue weighted by atomic mass is 10.1. The predicted molar refractivity (Wildman–Crippen MR) is 61.9 cm³/mol. The zero-order valence-corrected chi connectivity index (χ0v) is 9.69. The Hall–Kier alpha value is -1.86. The van der Waals surface area contributed by atoms with Crippen molar-refractivity contribution in [1.29, 1.82) is 5.26 Å². The summed E-state index contributed by atoms with van der Waals surface area (Å²) in [7, 11) is 0. The van der Waals surface area contributed by atoms with Crippen LogP contribution in [-0.2, 0) is 0 Å². The average Bonchev–Trinajstić information content (AvgIpc) is 2.78. The molecule has 1 aromatic heterocycles. The van der Waals surface area contributed by atoms with Crippen LogP contribution in [0.4, 0.5) is 0 Å². The van der Waals surface area contributed by atoms with E-state index in [9.17, 15) is 4.79 Å². The molecule has 0 atom stereocenters. The van der Waals surface area contributed by atoms with Crippen LogP contribution in [0.3, 0.4) is 0 Å². The molecule has 0 amide bonds. The molecule has 0 aliphatic heterocycles. The molecule has 0 aliphatic carbocycles. The number of aldehydes is 1. The van der Waals surface area contributed by atoms with Crippen LogP contribution in [-0.4, -0.2) is 6.29 Å². The monoisotopic (exact) mass is 275 g/mol. The Morgan fingerprint density at radius 1 is 1.31 bits per heavy atom. The molecular formula is C12H6BrNO2. The van der Waals surface area contributed by atoms with E-state index in [0.29, 0.717) is 17.6 Å². The summed E-state index contributed by atoms with van der Waals surface area (Å²) in [6, 6.07) is 10.7. The molecule has 0 aliphatic rings. The van der Waals surface area contributed by atoms with Gasteiger partial charge in [0.1, 0.15) is 11.8 Å². The van der Waals surface area contributed by atoms with E-state index in [2.05, 4.69) is 22.0 Å². The molecule has 4 heteroatoms. The molecule has 1 aromatic carbocycles. The number of nitriles is 1. The van der Waals surface area contributed by atoms with Crippen molar-refractivity contribution in [3.8, 4) is 17.4 Å². The molecule has 1 heterocycles. The number of hydrogen-bond donors (Lipinski definition) is 0. The SMILES string of the molecule is N#Cc1cc(-c2ccc(C=O)o2)ccc1Br. The summed E-state index contributed by atoms with van der Waals surface area (Å²) in [5, 5.41) is 8.87. The zero-order valence-electron chi connectivity index (χ0n) is 8.11. The lowest BCUT2D eigenvalue weighted by Gasteiger charge is -1.99. The van der Waals surface area contributed by atoms with Gasteiger partial charge in [0.15, 0.2) is 12.0 Å². The van der Waals surface area contributed by atoms with Crippen molar-refractivity contribution in [3.63, 3.8) is 0 Å². The molecule has 0 unspecified atom stereocenters. The highest BCUT2D eigenvalue weighted by atomic mass is 79.9. The van der Waals surface area contributed by atoms with E-state index in [4.69, 9.17) is 9.68 Å². The van der Waals surface area contributed by atoms with E-state index < -0.39 is 0 Å². The number of carbonyl (C=O) groups excluding carboxylic acids is 1. The molecule has 0 fully saturated rings. The highest BCUT2D eigenvalue weighted by molar-refractivity contribution is 9.10. The fourth-order valence-corrected chi connectivity index (χ4v) is 1.67. The van der Waals surface area contributed by atoms with Crippen molar-refractivity contribution >= 4 is 22.2 Å². The maximum absolute atomic E-state index is 10.5. The average molecular weight is 276 g/mol. The minimum atomic E-state index is 0.274. The smallest absolute Gasteiger partial charge is 0.185 e. The van der Waals surface area contributed by atoms with Gasteiger partial charge < -0.3 is 4.42 Å². The van der Waals surface area contributed by atoms with Crippen LogP contribution in [0, 0.1) is 11.3 Å². The van der Waals surface area contributed by atoms with Crippen LogP contribution in [0.2, 0.25) is 0 Å². The topological polar surface area (TPSA) is 54.0 Å². The van der Waals surface area contributed by atoms with Gasteiger partial charge in [0.2, 0.25) is 0 Å². The number of benzene rings is 1. The Kier molecular flexibility index (Phi) is 2.88. The fraction of sp³-hybridized carbons (Fsp3) is 0. The molecule has 2 aromatic rings. The van der Waals surface area contributed by atoms with E-state index in [1.165, 1.54) is 0 Å². The van der Waals surface area contributed by atoms with Gasteiger partial charge in [-0.05, 0) is 40.2 Å². The minimum Gasteiger partial charge on any atom is -0.453 e. The Bertz CT molecular complexity index is 581. The summed E-state index contributed by atoms with van der Waals surface area (Å²) in [5.74, 6) is 0.850. The number of rotatable bonds is 2. The van der Waals surface area contributed by atoms with Gasteiger partial charge in [0, 0.05) is 10.0 Å². The summed E-state index contributed by atoms with van der Waals surface area (Å²) in [6.45, 7) is 0. The normalized spacial score (nSPS) is 9.75. The van der Waals surface area contributed by atoms with Crippen molar-refractivity contribution in [1.82, 2.24) is 0 Å². The first-order valence-electron chi connectivity index (χ1n) is 4.49. The Morgan fingerprint density at radius 2 is 2.12 bits per heavy atom. The zero-order chi connectivity index (χ0) is 11.5. The summed E-state index contributed by atoms with van der Waals surface area (Å²) in [6.07, 6.45) is 0.646. The van der Waals surface area contributed by atoms with Crippen LogP contribution >= 0.6 is 15.9 Å². The molecular weight excluding hydrogens is 270 g/mol. The Labute approximate surface area is 100 Å². The summed E-state index contributed by atoms with van der Waals surface area (Å²) in [4.78, 5) is 10.5. The number of nitrogens with zero attached hydrogens (tertiary/aromatic N) is 1. The second-order valence-electron chi connectivity index (χ2n) is 3.13. The molecule has 0 spiro atoms. The van der Waals surface area contributed by atoms with Crippen molar-refractivity contribution in [2.75, 3.05) is 0 Å². The standard InChI is InChI=1S/C12H6BrNO2/c13-11-3-1-8(5-9(11)6-14)12-4-2-10(7-15)16-12/h1-5,7H. The molecule has 0 saturated carbocycles. The van der Waals surface area contributed by atoms with Gasteiger partial charge in [-0.15, -0.1) is 0 Å². The van der Waals surface area contributed by atoms with Crippen LogP contribution < -0.4 is 0 Å². The van der Waals surface area contributed by atoms with Crippen LogP contribution in [0.1, 0.15) is 16.1 Å². The van der Waals surface area contributed by atoms with E-state index in [1.807, 2.05) is 6.07 Å². The summed E-state index contributed by atoms with van der Waals surface area (Å²) >= 11 is 3.27. The fourth-order valence-electron chi connectivity index (χ4n) is 1.34. The minimum absolute atomic E-state index is 0.274. The number of hydrogen-bond acceptors (Lipinski definition) is 3. The van der Waals surface area contributed by atoms with Crippen molar-refractivity contribution < 1.29 is 9.21 Å². The third-order valence-corrected chi connectivity index (χ3v) is 2.81. The molecule has 0 radical (unpaired) electrons. The van der Waals surface area contributed by atoms with Gasteiger partial charge in [0.05, 0.1) is 5.56 Å². The molecule has 3 nitrogen and oxygen atoms in total. The summed E-state index contributed by atoms with van der Waals surface area (Å²) in [5.41, 5.74) is 1.30. The van der Waals surface area contributed by atoms with Gasteiger partial charge in [-0.3, -0.25) is 4.79 Å². The lowest BCUT2D eigenvalue weighted by molar-refractivity contribution is 0.110. The third kappa shape index (κ3) is 1.90. The van der Waals surface area contributed by atoms with Crippen molar-refractivity contribution in [2.24, 2.45) is 0 Å². The lowest BCUT2D eigenvalue weighted by Crippen LogP contribution is -1.80. The third-order valence-electron chi connectivity index (χ3n) is 2.11. The van der Waals surface area contributed by atoms with E-state index in [-0.39, 0.29) is 5.76 Å². The first-order valence-corrected chi connectivity index (χ1v) is 5.29. The first-order chi connectivity index (χ1) is 7.74. The van der Waals surface area contributed by atoms with Crippen LogP contribution in [0.5, 0.6) is 0 Å². The Balaban J connectivity index is 2.48. The van der Waals surface area contributed by atoms with Gasteiger partial charge in [0.25, 0.3) is 0 Å². The van der Waals surface area contributed by atoms with E-state index >= 15 is 0 Å². The quantitative estimate of drug-likeness (QED) is 0.790. The van der Waals surface area contributed by atoms with Crippen molar-refractivity contribution in [2.45, 2.75) is 0 Å². The second kappa shape index (κ2) is 4.33. The highest BCUT2D eigenvalue weighted by Gasteiger charge is 2.06. The maximum Gasteiger partial charge on any atom is 0.185 e. The van der Waals surface area contributed by atoms with E-state index in [0.717, 1.165) is 10.0 Å². The largest absolute Gasteiger partial charge is 0.453 e. The van der Waals surface area contributed by atoms with Gasteiger partial charge in [-0.2, -0.15) is 5.26 Å². The number of halogens is 1. The summed E-state index contributed by atoms with van der Waals surface area (Å²) < 4.78 is 6.00. The second-order valence-corrected chi connectivity index (χ2v) is 3.98. The van der Waals surface area contributed by atoms with Crippen LogP contribution in [0.25, 0.3) is 11.3 Å². The predicted octanol–water partition coefficient (Wildman–Crippen LogP) is 3.39. The Morgan fingerprint density at radius 3 is 2.75 bits per heavy atom. The number of carbonyl (C=O) groups is 1. The molecule has 0 N–H and O–H groups in total. The first kappa shape index (κ1) is 10.7. The van der Waals surface area contributed by atoms with Crippen LogP contribution in [0.15, 0.2) is 39.2 Å². The molecule has 78 valence electrons. The van der Waals surface area contributed by atoms with Crippen molar-refractivity contribution in [3.05, 3.63) is 46.1 Å². The molecule has 16 heavy (non-hydrogen) atoms. The van der Waals surface area contributed by atoms with Gasteiger partial charge in [-0.25, -0.2) is 0 Å². The van der Waals surface area contributed by atoms with Gasteiger partial charge >= 0.3 is 0 Å².